The summed E-state index contributed by atoms with van der Waals surface area (Å²) in [5, 5.41) is 0. The highest BCUT2D eigenvalue weighted by atomic mass is 16.5. The molecule has 21 heavy (non-hydrogen) atoms. The summed E-state index contributed by atoms with van der Waals surface area (Å²) in [6.45, 7) is 2.68. The van der Waals surface area contributed by atoms with Crippen LogP contribution in [-0.2, 0) is 4.79 Å². The number of benzene rings is 2. The first kappa shape index (κ1) is 14.9. The number of nitrogen functional groups attached to an aromatic ring is 1. The lowest BCUT2D eigenvalue weighted by Gasteiger charge is -2.22. The summed E-state index contributed by atoms with van der Waals surface area (Å²) >= 11 is 0. The predicted molar refractivity (Wildman–Crippen MR) is 85.4 cm³/mol. The van der Waals surface area contributed by atoms with Crippen LogP contribution in [0.25, 0.3) is 0 Å². The molecule has 0 atom stereocenters. The topological polar surface area (TPSA) is 55.6 Å². The van der Waals surface area contributed by atoms with Crippen LogP contribution >= 0.6 is 0 Å². The molecule has 110 valence electrons. The van der Waals surface area contributed by atoms with Crippen LogP contribution in [0.3, 0.4) is 0 Å². The van der Waals surface area contributed by atoms with Gasteiger partial charge in [0.05, 0.1) is 0 Å². The van der Waals surface area contributed by atoms with Crippen LogP contribution in [0.1, 0.15) is 13.3 Å². The number of hydrogen-bond donors (Lipinski definition) is 1. The van der Waals surface area contributed by atoms with Crippen molar-refractivity contribution in [1.82, 2.24) is 0 Å². The minimum atomic E-state index is -0.0775. The van der Waals surface area contributed by atoms with Gasteiger partial charge in [0.2, 0.25) is 0 Å². The largest absolute Gasteiger partial charge is 0.484 e. The van der Waals surface area contributed by atoms with Gasteiger partial charge >= 0.3 is 0 Å². The molecule has 0 saturated heterocycles. The normalized spacial score (nSPS) is 10.1. The third kappa shape index (κ3) is 4.24. The Morgan fingerprint density at radius 2 is 1.90 bits per heavy atom. The van der Waals surface area contributed by atoms with Gasteiger partial charge in [0.1, 0.15) is 5.75 Å². The molecule has 2 aromatic rings. The molecule has 2 aromatic carbocycles. The molecule has 4 nitrogen and oxygen atoms in total. The van der Waals surface area contributed by atoms with E-state index in [4.69, 9.17) is 10.5 Å². The minimum absolute atomic E-state index is 0.0127. The molecule has 0 spiro atoms. The van der Waals surface area contributed by atoms with Crippen molar-refractivity contribution in [3.8, 4) is 5.75 Å². The zero-order chi connectivity index (χ0) is 15.1. The molecule has 0 aliphatic carbocycles. The maximum absolute atomic E-state index is 12.4. The summed E-state index contributed by atoms with van der Waals surface area (Å²) in [4.78, 5) is 14.1. The zero-order valence-corrected chi connectivity index (χ0v) is 12.2. The second-order valence-electron chi connectivity index (χ2n) is 4.74. The number of hydrogen-bond acceptors (Lipinski definition) is 3. The van der Waals surface area contributed by atoms with Gasteiger partial charge in [-0.05, 0) is 36.8 Å². The number of nitrogens with two attached hydrogens (primary N) is 1. The Bertz CT molecular complexity index is 584. The standard InChI is InChI=1S/C17H20N2O2/c1-2-11-19(15-8-6-7-14(18)12-15)17(20)13-21-16-9-4-3-5-10-16/h3-10,12H,2,11,13,18H2,1H3. The summed E-state index contributed by atoms with van der Waals surface area (Å²) in [5.74, 6) is 0.612. The van der Waals surface area contributed by atoms with E-state index in [0.717, 1.165) is 12.1 Å². The smallest absolute Gasteiger partial charge is 0.264 e. The average molecular weight is 284 g/mol. The van der Waals surface area contributed by atoms with Crippen molar-refractivity contribution in [2.24, 2.45) is 0 Å². The van der Waals surface area contributed by atoms with Gasteiger partial charge in [0.25, 0.3) is 5.91 Å². The summed E-state index contributed by atoms with van der Waals surface area (Å²) < 4.78 is 5.52. The van der Waals surface area contributed by atoms with Gasteiger partial charge in [0.15, 0.2) is 6.61 Å². The van der Waals surface area contributed by atoms with Gasteiger partial charge in [-0.25, -0.2) is 0 Å². The molecule has 0 bridgehead atoms. The molecule has 0 fully saturated rings. The molecule has 4 heteroatoms. The van der Waals surface area contributed by atoms with E-state index in [-0.39, 0.29) is 12.5 Å². The molecule has 0 heterocycles. The molecule has 0 aliphatic heterocycles. The highest BCUT2D eigenvalue weighted by Gasteiger charge is 2.15. The number of carbonyl (C=O) groups is 1. The first-order valence-electron chi connectivity index (χ1n) is 7.04. The van der Waals surface area contributed by atoms with Crippen LogP contribution in [0, 0.1) is 0 Å². The predicted octanol–water partition coefficient (Wildman–Crippen LogP) is 3.09. The van der Waals surface area contributed by atoms with Gasteiger partial charge in [-0.3, -0.25) is 4.79 Å². The number of para-hydroxylation sites is 1. The van der Waals surface area contributed by atoms with Crippen molar-refractivity contribution in [2.75, 3.05) is 23.8 Å². The molecule has 0 saturated carbocycles. The van der Waals surface area contributed by atoms with Crippen LogP contribution in [0.2, 0.25) is 0 Å². The highest BCUT2D eigenvalue weighted by Crippen LogP contribution is 2.18. The molecule has 0 unspecified atom stereocenters. The van der Waals surface area contributed by atoms with Crippen LogP contribution in [0.4, 0.5) is 11.4 Å². The first-order chi connectivity index (χ1) is 10.2. The van der Waals surface area contributed by atoms with Gasteiger partial charge in [-0.15, -0.1) is 0 Å². The average Bonchev–Trinajstić information content (AvgIpc) is 2.51. The zero-order valence-electron chi connectivity index (χ0n) is 12.2. The van der Waals surface area contributed by atoms with E-state index >= 15 is 0 Å². The molecule has 2 N–H and O–H groups in total. The maximum Gasteiger partial charge on any atom is 0.264 e. The third-order valence-corrected chi connectivity index (χ3v) is 3.04. The molecule has 2 rings (SSSR count). The van der Waals surface area contributed by atoms with Gasteiger partial charge < -0.3 is 15.4 Å². The number of amides is 1. The lowest BCUT2D eigenvalue weighted by molar-refractivity contribution is -0.120. The van der Waals surface area contributed by atoms with Gasteiger partial charge in [-0.1, -0.05) is 31.2 Å². The van der Waals surface area contributed by atoms with Crippen molar-refractivity contribution >= 4 is 17.3 Å². The Labute approximate surface area is 125 Å². The van der Waals surface area contributed by atoms with E-state index in [1.165, 1.54) is 0 Å². The Balaban J connectivity index is 2.05. The van der Waals surface area contributed by atoms with Crippen molar-refractivity contribution in [3.63, 3.8) is 0 Å². The first-order valence-corrected chi connectivity index (χ1v) is 7.04. The Morgan fingerprint density at radius 1 is 1.14 bits per heavy atom. The number of anilines is 2. The highest BCUT2D eigenvalue weighted by molar-refractivity contribution is 5.94. The summed E-state index contributed by atoms with van der Waals surface area (Å²) in [6, 6.07) is 16.7. The van der Waals surface area contributed by atoms with Crippen molar-refractivity contribution in [3.05, 3.63) is 54.6 Å². The summed E-state index contributed by atoms with van der Waals surface area (Å²) in [5.41, 5.74) is 7.24. The SMILES string of the molecule is CCCN(C(=O)COc1ccccc1)c1cccc(N)c1. The van der Waals surface area contributed by atoms with E-state index in [1.54, 1.807) is 17.0 Å². The molecule has 0 aliphatic rings. The minimum Gasteiger partial charge on any atom is -0.484 e. The molecule has 1 amide bonds. The Morgan fingerprint density at radius 3 is 2.57 bits per heavy atom. The summed E-state index contributed by atoms with van der Waals surface area (Å²) in [7, 11) is 0. The van der Waals surface area contributed by atoms with Gasteiger partial charge in [-0.2, -0.15) is 0 Å². The van der Waals surface area contributed by atoms with E-state index in [0.29, 0.717) is 18.0 Å². The summed E-state index contributed by atoms with van der Waals surface area (Å²) in [6.07, 6.45) is 0.867. The Kier molecular flexibility index (Phi) is 5.21. The molecule has 0 radical (unpaired) electrons. The number of ether oxygens (including phenoxy) is 1. The number of nitrogens with zero attached hydrogens (tertiary/aromatic N) is 1. The second-order valence-corrected chi connectivity index (χ2v) is 4.74. The van der Waals surface area contributed by atoms with Crippen molar-refractivity contribution < 1.29 is 9.53 Å². The molecular weight excluding hydrogens is 264 g/mol. The maximum atomic E-state index is 12.4. The van der Waals surface area contributed by atoms with Crippen LogP contribution < -0.4 is 15.4 Å². The van der Waals surface area contributed by atoms with E-state index in [1.807, 2.05) is 49.4 Å². The van der Waals surface area contributed by atoms with Crippen LogP contribution in [0.5, 0.6) is 5.75 Å². The third-order valence-electron chi connectivity index (χ3n) is 3.04. The fourth-order valence-corrected chi connectivity index (χ4v) is 2.05. The fraction of sp³-hybridized carbons (Fsp3) is 0.235. The van der Waals surface area contributed by atoms with Crippen LogP contribution in [-0.4, -0.2) is 19.1 Å². The monoisotopic (exact) mass is 284 g/mol. The number of rotatable bonds is 6. The lowest BCUT2D eigenvalue weighted by atomic mass is 10.2. The van der Waals surface area contributed by atoms with E-state index in [2.05, 4.69) is 0 Å². The molecule has 0 aromatic heterocycles. The Hall–Kier alpha value is -2.49. The fourth-order valence-electron chi connectivity index (χ4n) is 2.05. The number of carbonyl (C=O) groups excluding carboxylic acids is 1. The second kappa shape index (κ2) is 7.33. The van der Waals surface area contributed by atoms with Gasteiger partial charge in [0, 0.05) is 17.9 Å². The quantitative estimate of drug-likeness (QED) is 0.829. The van der Waals surface area contributed by atoms with E-state index < -0.39 is 0 Å². The lowest BCUT2D eigenvalue weighted by Crippen LogP contribution is -2.35. The van der Waals surface area contributed by atoms with Crippen LogP contribution in [0.15, 0.2) is 54.6 Å². The van der Waals surface area contributed by atoms with Crippen molar-refractivity contribution in [2.45, 2.75) is 13.3 Å². The van der Waals surface area contributed by atoms with E-state index in [9.17, 15) is 4.79 Å². The van der Waals surface area contributed by atoms with Crippen molar-refractivity contribution in [1.29, 1.82) is 0 Å². The molecular formula is C17H20N2O2.